The van der Waals surface area contributed by atoms with E-state index in [0.717, 1.165) is 0 Å². The molecule has 22 heavy (non-hydrogen) atoms. The van der Waals surface area contributed by atoms with E-state index in [2.05, 4.69) is 0 Å². The van der Waals surface area contributed by atoms with E-state index in [1.165, 1.54) is 9.21 Å². The highest BCUT2D eigenvalue weighted by Gasteiger charge is 2.42. The molecular weight excluding hydrogens is 330 g/mol. The van der Waals surface area contributed by atoms with Crippen LogP contribution in [0.5, 0.6) is 0 Å². The molecule has 0 aromatic heterocycles. The first-order valence-corrected chi connectivity index (χ1v) is 10.7. The van der Waals surface area contributed by atoms with Crippen molar-refractivity contribution >= 4 is 26.0 Å². The molecule has 0 radical (unpaired) electrons. The minimum atomic E-state index is -3.67. The van der Waals surface area contributed by atoms with Crippen molar-refractivity contribution < 1.29 is 21.6 Å². The van der Waals surface area contributed by atoms with Gasteiger partial charge in [0.25, 0.3) is 0 Å². The highest BCUT2D eigenvalue weighted by Crippen LogP contribution is 2.26. The van der Waals surface area contributed by atoms with Gasteiger partial charge in [0, 0.05) is 19.6 Å². The molecule has 2 atom stereocenters. The smallest absolute Gasteiger partial charge is 0.241 e. The minimum Gasteiger partial charge on any atom is -0.340 e. The molecule has 2 heterocycles. The molecule has 8 nitrogen and oxygen atoms in total. The van der Waals surface area contributed by atoms with Crippen LogP contribution in [0.2, 0.25) is 0 Å². The van der Waals surface area contributed by atoms with Gasteiger partial charge in [0.15, 0.2) is 0 Å². The Morgan fingerprint density at radius 2 is 1.86 bits per heavy atom. The standard InChI is InChI=1S/C12H23N3O5S2/c1-2-8-21(17,18)15-6-3-4-11(15)12(16)14-7-5-10(9-14)22(13,19)20/h10-11H,2-9H2,1H3,(H2,13,19,20). The van der Waals surface area contributed by atoms with Crippen molar-refractivity contribution in [2.75, 3.05) is 25.4 Å². The van der Waals surface area contributed by atoms with E-state index in [-0.39, 0.29) is 18.2 Å². The number of carbonyl (C=O) groups is 1. The van der Waals surface area contributed by atoms with E-state index < -0.39 is 31.3 Å². The number of rotatable bonds is 5. The first kappa shape index (κ1) is 17.6. The van der Waals surface area contributed by atoms with Crippen molar-refractivity contribution in [1.82, 2.24) is 9.21 Å². The molecule has 2 N–H and O–H groups in total. The second-order valence-electron chi connectivity index (χ2n) is 5.87. The first-order valence-electron chi connectivity index (χ1n) is 7.46. The molecule has 10 heteroatoms. The zero-order chi connectivity index (χ0) is 16.5. The third-order valence-corrected chi connectivity index (χ3v) is 7.62. The lowest BCUT2D eigenvalue weighted by Gasteiger charge is -2.27. The summed E-state index contributed by atoms with van der Waals surface area (Å²) in [6, 6.07) is -0.698. The summed E-state index contributed by atoms with van der Waals surface area (Å²) in [6.45, 7) is 2.49. The van der Waals surface area contributed by atoms with Crippen molar-refractivity contribution in [2.45, 2.75) is 43.9 Å². The Morgan fingerprint density at radius 3 is 2.41 bits per heavy atom. The van der Waals surface area contributed by atoms with Crippen molar-refractivity contribution in [3.05, 3.63) is 0 Å². The quantitative estimate of drug-likeness (QED) is 0.686. The van der Waals surface area contributed by atoms with Crippen molar-refractivity contribution in [3.63, 3.8) is 0 Å². The van der Waals surface area contributed by atoms with E-state index in [1.54, 1.807) is 6.92 Å². The maximum absolute atomic E-state index is 12.6. The van der Waals surface area contributed by atoms with E-state index in [1.807, 2.05) is 0 Å². The Morgan fingerprint density at radius 1 is 1.18 bits per heavy atom. The Hall–Kier alpha value is -0.710. The fourth-order valence-electron chi connectivity index (χ4n) is 3.10. The zero-order valence-electron chi connectivity index (χ0n) is 12.6. The molecule has 1 amide bonds. The van der Waals surface area contributed by atoms with Crippen LogP contribution >= 0.6 is 0 Å². The van der Waals surface area contributed by atoms with Gasteiger partial charge in [0.05, 0.1) is 11.0 Å². The largest absolute Gasteiger partial charge is 0.340 e. The molecule has 128 valence electrons. The molecule has 2 aliphatic rings. The molecule has 0 bridgehead atoms. The van der Waals surface area contributed by atoms with Crippen LogP contribution < -0.4 is 5.14 Å². The number of hydrogen-bond donors (Lipinski definition) is 1. The van der Waals surface area contributed by atoms with E-state index in [4.69, 9.17) is 5.14 Å². The normalized spacial score (nSPS) is 27.5. The van der Waals surface area contributed by atoms with Crippen LogP contribution in [0, 0.1) is 0 Å². The van der Waals surface area contributed by atoms with Gasteiger partial charge in [0.2, 0.25) is 26.0 Å². The van der Waals surface area contributed by atoms with Gasteiger partial charge in [-0.3, -0.25) is 4.79 Å². The predicted molar refractivity (Wildman–Crippen MR) is 81.9 cm³/mol. The number of carbonyl (C=O) groups excluding carboxylic acids is 1. The van der Waals surface area contributed by atoms with Crippen molar-refractivity contribution in [3.8, 4) is 0 Å². The number of primary sulfonamides is 1. The van der Waals surface area contributed by atoms with Crippen LogP contribution in [0.3, 0.4) is 0 Å². The molecule has 2 rings (SSSR count). The molecule has 2 unspecified atom stereocenters. The topological polar surface area (TPSA) is 118 Å². The summed E-state index contributed by atoms with van der Waals surface area (Å²) < 4.78 is 48.5. The fraction of sp³-hybridized carbons (Fsp3) is 0.917. The minimum absolute atomic E-state index is 0.0244. The van der Waals surface area contributed by atoms with Crippen LogP contribution in [0.1, 0.15) is 32.6 Å². The Kier molecular flexibility index (Phi) is 5.15. The third-order valence-electron chi connectivity index (χ3n) is 4.23. The van der Waals surface area contributed by atoms with Gasteiger partial charge < -0.3 is 4.90 Å². The van der Waals surface area contributed by atoms with Crippen LogP contribution in [0.25, 0.3) is 0 Å². The molecule has 0 aromatic carbocycles. The summed E-state index contributed by atoms with van der Waals surface area (Å²) in [5.41, 5.74) is 0. The molecular formula is C12H23N3O5S2. The lowest BCUT2D eigenvalue weighted by atomic mass is 10.2. The predicted octanol–water partition coefficient (Wildman–Crippen LogP) is -0.920. The Labute approximate surface area is 131 Å². The van der Waals surface area contributed by atoms with Gasteiger partial charge in [-0.25, -0.2) is 22.0 Å². The maximum atomic E-state index is 12.6. The summed E-state index contributed by atoms with van der Waals surface area (Å²) in [5, 5.41) is 4.37. The number of likely N-dealkylation sites (tertiary alicyclic amines) is 1. The fourth-order valence-corrected chi connectivity index (χ4v) is 5.67. The lowest BCUT2D eigenvalue weighted by molar-refractivity contribution is -0.133. The second-order valence-corrected chi connectivity index (χ2v) is 9.75. The van der Waals surface area contributed by atoms with Crippen LogP contribution in [-0.2, 0) is 24.8 Å². The number of sulfonamides is 2. The van der Waals surface area contributed by atoms with Gasteiger partial charge in [-0.05, 0) is 25.7 Å². The lowest BCUT2D eigenvalue weighted by Crippen LogP contribution is -2.48. The summed E-state index contributed by atoms with van der Waals surface area (Å²) in [5.74, 6) is -0.278. The highest BCUT2D eigenvalue weighted by atomic mass is 32.2. The number of nitrogens with zero attached hydrogens (tertiary/aromatic N) is 2. The van der Waals surface area contributed by atoms with Gasteiger partial charge in [-0.15, -0.1) is 0 Å². The third kappa shape index (κ3) is 3.61. The van der Waals surface area contributed by atoms with Gasteiger partial charge in [-0.2, -0.15) is 4.31 Å². The Bertz CT molecular complexity index is 631. The average Bonchev–Trinajstić information content (AvgIpc) is 3.07. The SMILES string of the molecule is CCCS(=O)(=O)N1CCCC1C(=O)N1CCC(S(N)(=O)=O)C1. The van der Waals surface area contributed by atoms with Crippen LogP contribution in [0.15, 0.2) is 0 Å². The number of nitrogens with two attached hydrogens (primary N) is 1. The van der Waals surface area contributed by atoms with Crippen LogP contribution in [0.4, 0.5) is 0 Å². The maximum Gasteiger partial charge on any atom is 0.241 e. The molecule has 0 saturated carbocycles. The summed E-state index contributed by atoms with van der Waals surface area (Å²) in [4.78, 5) is 14.0. The van der Waals surface area contributed by atoms with Gasteiger partial charge >= 0.3 is 0 Å². The molecule has 0 aromatic rings. The molecule has 0 spiro atoms. The van der Waals surface area contributed by atoms with Crippen LogP contribution in [-0.4, -0.2) is 68.6 Å². The van der Waals surface area contributed by atoms with Gasteiger partial charge in [-0.1, -0.05) is 6.92 Å². The monoisotopic (exact) mass is 353 g/mol. The molecule has 0 aliphatic carbocycles. The highest BCUT2D eigenvalue weighted by molar-refractivity contribution is 7.89. The van der Waals surface area contributed by atoms with Crippen molar-refractivity contribution in [2.24, 2.45) is 5.14 Å². The van der Waals surface area contributed by atoms with E-state index >= 15 is 0 Å². The number of amides is 1. The second kappa shape index (κ2) is 6.42. The zero-order valence-corrected chi connectivity index (χ0v) is 14.3. The molecule has 2 aliphatic heterocycles. The Balaban J connectivity index is 2.10. The van der Waals surface area contributed by atoms with E-state index in [9.17, 15) is 21.6 Å². The van der Waals surface area contributed by atoms with Gasteiger partial charge in [0.1, 0.15) is 6.04 Å². The summed E-state index contributed by atoms with van der Waals surface area (Å²) in [7, 11) is -7.10. The molecule has 2 fully saturated rings. The summed E-state index contributed by atoms with van der Waals surface area (Å²) >= 11 is 0. The van der Waals surface area contributed by atoms with E-state index in [0.29, 0.717) is 38.8 Å². The molecule has 2 saturated heterocycles. The number of hydrogen-bond acceptors (Lipinski definition) is 5. The first-order chi connectivity index (χ1) is 10.2. The summed E-state index contributed by atoms with van der Waals surface area (Å²) in [6.07, 6.45) is 1.93. The van der Waals surface area contributed by atoms with Crippen molar-refractivity contribution in [1.29, 1.82) is 0 Å². The average molecular weight is 353 g/mol.